The Morgan fingerprint density at radius 1 is 1.35 bits per heavy atom. The molecule has 0 saturated heterocycles. The molecule has 0 N–H and O–H groups in total. The summed E-state index contributed by atoms with van der Waals surface area (Å²) < 4.78 is 4.84. The van der Waals surface area contributed by atoms with E-state index in [4.69, 9.17) is 17.5 Å². The van der Waals surface area contributed by atoms with Gasteiger partial charge in [0.2, 0.25) is 0 Å². The van der Waals surface area contributed by atoms with Crippen molar-refractivity contribution in [2.75, 3.05) is 6.54 Å². The lowest BCUT2D eigenvalue weighted by Crippen LogP contribution is -2.27. The van der Waals surface area contributed by atoms with Gasteiger partial charge in [-0.25, -0.2) is 4.68 Å². The van der Waals surface area contributed by atoms with Gasteiger partial charge < -0.3 is 4.57 Å². The fourth-order valence-corrected chi connectivity index (χ4v) is 3.00. The second-order valence-corrected chi connectivity index (χ2v) is 6.42. The lowest BCUT2D eigenvalue weighted by atomic mass is 10.1. The largest absolute Gasteiger partial charge is 0.303 e. The van der Waals surface area contributed by atoms with E-state index < -0.39 is 0 Å². The van der Waals surface area contributed by atoms with Crippen LogP contribution in [0.4, 0.5) is 0 Å². The van der Waals surface area contributed by atoms with Crippen molar-refractivity contribution in [2.45, 2.75) is 45.4 Å². The summed E-state index contributed by atoms with van der Waals surface area (Å²) in [6.07, 6.45) is 5.37. The summed E-state index contributed by atoms with van der Waals surface area (Å²) in [6, 6.07) is 10.5. The van der Waals surface area contributed by atoms with Gasteiger partial charge in [-0.05, 0) is 55.7 Å². The van der Waals surface area contributed by atoms with Crippen LogP contribution in [0.2, 0.25) is 0 Å². The minimum atomic E-state index is 0.564. The van der Waals surface area contributed by atoms with Gasteiger partial charge in [-0.1, -0.05) is 19.1 Å². The maximum atomic E-state index is 8.89. The van der Waals surface area contributed by atoms with Crippen molar-refractivity contribution in [1.29, 1.82) is 5.26 Å². The molecule has 23 heavy (non-hydrogen) atoms. The van der Waals surface area contributed by atoms with Crippen LogP contribution in [-0.4, -0.2) is 25.8 Å². The Balaban J connectivity index is 1.70. The molecule has 0 amide bonds. The highest BCUT2D eigenvalue weighted by Crippen LogP contribution is 2.34. The van der Waals surface area contributed by atoms with E-state index in [1.54, 1.807) is 0 Å². The average Bonchev–Trinajstić information content (AvgIpc) is 3.34. The highest BCUT2D eigenvalue weighted by atomic mass is 32.1. The SMILES string of the molecule is CCCN(Cc1ccc(C#N)cc1)Cn1ncn(C2CC2)c1=S. The fraction of sp³-hybridized carbons (Fsp3) is 0.471. The number of hydrogen-bond donors (Lipinski definition) is 0. The third-order valence-electron chi connectivity index (χ3n) is 4.06. The summed E-state index contributed by atoms with van der Waals surface area (Å²) in [5.41, 5.74) is 1.90. The van der Waals surface area contributed by atoms with Gasteiger partial charge >= 0.3 is 0 Å². The first-order chi connectivity index (χ1) is 11.2. The maximum absolute atomic E-state index is 8.89. The second-order valence-electron chi connectivity index (χ2n) is 6.05. The maximum Gasteiger partial charge on any atom is 0.199 e. The molecular formula is C17H21N5S. The Morgan fingerprint density at radius 2 is 2.09 bits per heavy atom. The topological polar surface area (TPSA) is 49.8 Å². The summed E-state index contributed by atoms with van der Waals surface area (Å²) in [4.78, 5) is 2.33. The highest BCUT2D eigenvalue weighted by molar-refractivity contribution is 7.71. The van der Waals surface area contributed by atoms with Gasteiger partial charge in [-0.3, -0.25) is 4.90 Å². The van der Waals surface area contributed by atoms with Crippen LogP contribution >= 0.6 is 12.2 Å². The minimum Gasteiger partial charge on any atom is -0.303 e. The quantitative estimate of drug-likeness (QED) is 0.731. The van der Waals surface area contributed by atoms with Gasteiger partial charge in [0.05, 0.1) is 18.3 Å². The van der Waals surface area contributed by atoms with E-state index in [1.165, 1.54) is 18.4 Å². The van der Waals surface area contributed by atoms with E-state index in [9.17, 15) is 0 Å². The van der Waals surface area contributed by atoms with Gasteiger partial charge in [0.1, 0.15) is 6.33 Å². The van der Waals surface area contributed by atoms with Gasteiger partial charge in [0.15, 0.2) is 4.77 Å². The van der Waals surface area contributed by atoms with Crippen molar-refractivity contribution in [3.8, 4) is 6.07 Å². The molecule has 0 spiro atoms. The lowest BCUT2D eigenvalue weighted by Gasteiger charge is -2.21. The molecule has 0 radical (unpaired) electrons. The van der Waals surface area contributed by atoms with Crippen LogP contribution in [0.1, 0.15) is 43.4 Å². The molecule has 1 heterocycles. The lowest BCUT2D eigenvalue weighted by molar-refractivity contribution is 0.197. The number of benzene rings is 1. The van der Waals surface area contributed by atoms with E-state index >= 15 is 0 Å². The monoisotopic (exact) mass is 327 g/mol. The van der Waals surface area contributed by atoms with E-state index in [-0.39, 0.29) is 0 Å². The summed E-state index contributed by atoms with van der Waals surface area (Å²) in [7, 11) is 0. The number of rotatable bonds is 7. The fourth-order valence-electron chi connectivity index (χ4n) is 2.70. The molecule has 1 aliphatic carbocycles. The van der Waals surface area contributed by atoms with Crippen LogP contribution in [0.5, 0.6) is 0 Å². The first-order valence-electron chi connectivity index (χ1n) is 8.06. The van der Waals surface area contributed by atoms with Crippen molar-refractivity contribution < 1.29 is 0 Å². The second kappa shape index (κ2) is 7.07. The normalized spacial score (nSPS) is 14.1. The molecule has 6 heteroatoms. The molecule has 1 aromatic heterocycles. The molecule has 0 unspecified atom stereocenters. The van der Waals surface area contributed by atoms with Crippen molar-refractivity contribution in [1.82, 2.24) is 19.2 Å². The van der Waals surface area contributed by atoms with Crippen LogP contribution in [0.3, 0.4) is 0 Å². The van der Waals surface area contributed by atoms with E-state index in [2.05, 4.69) is 27.6 Å². The third-order valence-corrected chi connectivity index (χ3v) is 4.48. The van der Waals surface area contributed by atoms with E-state index in [0.717, 1.165) is 24.3 Å². The Morgan fingerprint density at radius 3 is 2.70 bits per heavy atom. The Hall–Kier alpha value is -1.97. The molecule has 1 aromatic carbocycles. The van der Waals surface area contributed by atoms with Crippen LogP contribution < -0.4 is 0 Å². The molecule has 1 aliphatic rings. The zero-order valence-electron chi connectivity index (χ0n) is 13.4. The zero-order chi connectivity index (χ0) is 16.2. The van der Waals surface area contributed by atoms with Crippen molar-refractivity contribution in [3.63, 3.8) is 0 Å². The summed E-state index contributed by atoms with van der Waals surface area (Å²) in [6.45, 7) is 4.69. The predicted octanol–water partition coefficient (Wildman–Crippen LogP) is 3.49. The third kappa shape index (κ3) is 3.87. The highest BCUT2D eigenvalue weighted by Gasteiger charge is 2.25. The van der Waals surface area contributed by atoms with Crippen LogP contribution in [0.25, 0.3) is 0 Å². The van der Waals surface area contributed by atoms with Gasteiger partial charge in [-0.15, -0.1) is 0 Å². The van der Waals surface area contributed by atoms with Crippen molar-refractivity contribution in [2.24, 2.45) is 0 Å². The van der Waals surface area contributed by atoms with Gasteiger partial charge in [0.25, 0.3) is 0 Å². The zero-order valence-corrected chi connectivity index (χ0v) is 14.2. The van der Waals surface area contributed by atoms with Crippen molar-refractivity contribution >= 4 is 12.2 Å². The van der Waals surface area contributed by atoms with Crippen LogP contribution in [0.15, 0.2) is 30.6 Å². The van der Waals surface area contributed by atoms with Gasteiger partial charge in [-0.2, -0.15) is 10.4 Å². The molecular weight excluding hydrogens is 306 g/mol. The number of nitrogens with zero attached hydrogens (tertiary/aromatic N) is 5. The first-order valence-corrected chi connectivity index (χ1v) is 8.47. The first kappa shape index (κ1) is 15.9. The van der Waals surface area contributed by atoms with Crippen LogP contribution in [0, 0.1) is 16.1 Å². The van der Waals surface area contributed by atoms with Crippen LogP contribution in [-0.2, 0) is 13.2 Å². The molecule has 0 atom stereocenters. The molecule has 3 rings (SSSR count). The Kier molecular flexibility index (Phi) is 4.89. The number of nitriles is 1. The molecule has 1 fully saturated rings. The molecule has 0 aliphatic heterocycles. The number of hydrogen-bond acceptors (Lipinski definition) is 4. The standard InChI is InChI=1S/C17H21N5S/c1-2-9-20(11-15-5-3-14(10-18)4-6-15)13-22-17(23)21(12-19-22)16-7-8-16/h3-6,12,16H,2,7-9,11,13H2,1H3. The van der Waals surface area contributed by atoms with E-state index in [1.807, 2.05) is 35.3 Å². The molecule has 0 bridgehead atoms. The summed E-state index contributed by atoms with van der Waals surface area (Å²) >= 11 is 5.54. The summed E-state index contributed by atoms with van der Waals surface area (Å²) in [5, 5.41) is 13.3. The molecule has 2 aromatic rings. The predicted molar refractivity (Wildman–Crippen MR) is 91.2 cm³/mol. The average molecular weight is 327 g/mol. The number of aromatic nitrogens is 3. The Labute approximate surface area is 141 Å². The molecule has 120 valence electrons. The molecule has 1 saturated carbocycles. The van der Waals surface area contributed by atoms with Gasteiger partial charge in [0, 0.05) is 12.6 Å². The molecule has 5 nitrogen and oxygen atoms in total. The smallest absolute Gasteiger partial charge is 0.199 e. The van der Waals surface area contributed by atoms with E-state index in [0.29, 0.717) is 18.3 Å². The summed E-state index contributed by atoms with van der Waals surface area (Å²) in [5.74, 6) is 0. The Bertz CT molecular complexity index is 749. The van der Waals surface area contributed by atoms with Crippen molar-refractivity contribution in [3.05, 3.63) is 46.5 Å². The minimum absolute atomic E-state index is 0.564.